The van der Waals surface area contributed by atoms with E-state index in [1.165, 1.54) is 17.7 Å². The van der Waals surface area contributed by atoms with Gasteiger partial charge in [-0.3, -0.25) is 0 Å². The predicted octanol–water partition coefficient (Wildman–Crippen LogP) is 6.68. The van der Waals surface area contributed by atoms with E-state index in [0.29, 0.717) is 30.3 Å². The first-order valence-electron chi connectivity index (χ1n) is 12.2. The predicted molar refractivity (Wildman–Crippen MR) is 149 cm³/mol. The molecule has 0 bridgehead atoms. The number of hydrogen-bond donors (Lipinski definition) is 4. The second-order valence-corrected chi connectivity index (χ2v) is 9.38. The summed E-state index contributed by atoms with van der Waals surface area (Å²) in [4.78, 5) is 0. The molecule has 4 aromatic carbocycles. The van der Waals surface area contributed by atoms with Gasteiger partial charge in [0.1, 0.15) is 47.7 Å². The van der Waals surface area contributed by atoms with Crippen LogP contribution >= 0.6 is 0 Å². The summed E-state index contributed by atoms with van der Waals surface area (Å²) in [6, 6.07) is 21.4. The summed E-state index contributed by atoms with van der Waals surface area (Å²) in [6.45, 7) is 4.87. The molecular weight excluding hydrogens is 480 g/mol. The average Bonchev–Trinajstić information content (AvgIpc) is 2.89. The van der Waals surface area contributed by atoms with Gasteiger partial charge in [-0.05, 0) is 72.0 Å². The van der Waals surface area contributed by atoms with E-state index in [4.69, 9.17) is 9.47 Å². The first-order chi connectivity index (χ1) is 18.3. The maximum absolute atomic E-state index is 9.87. The maximum atomic E-state index is 9.87. The first kappa shape index (κ1) is 24.8. The van der Waals surface area contributed by atoms with Crippen LogP contribution < -0.4 is 9.47 Å². The van der Waals surface area contributed by atoms with Gasteiger partial charge < -0.3 is 29.9 Å². The summed E-state index contributed by atoms with van der Waals surface area (Å²) in [5.41, 5.74) is 7.94. The van der Waals surface area contributed by atoms with Gasteiger partial charge in [0.15, 0.2) is 0 Å². The van der Waals surface area contributed by atoms with Crippen LogP contribution in [-0.4, -0.2) is 33.6 Å². The zero-order valence-corrected chi connectivity index (χ0v) is 21.1. The summed E-state index contributed by atoms with van der Waals surface area (Å²) < 4.78 is 11.3. The Morgan fingerprint density at radius 2 is 1.18 bits per heavy atom. The smallest absolute Gasteiger partial charge is 0.134 e. The zero-order valence-electron chi connectivity index (χ0n) is 21.1. The van der Waals surface area contributed by atoms with E-state index in [9.17, 15) is 20.4 Å². The quantitative estimate of drug-likeness (QED) is 0.241. The van der Waals surface area contributed by atoms with Crippen molar-refractivity contribution in [3.05, 3.63) is 106 Å². The number of phenolic OH excluding ortho intramolecular Hbond substituents is 4. The molecule has 38 heavy (non-hydrogen) atoms. The first-order valence-corrected chi connectivity index (χ1v) is 12.2. The van der Waals surface area contributed by atoms with E-state index in [1.807, 2.05) is 50.3 Å². The van der Waals surface area contributed by atoms with Gasteiger partial charge in [0.25, 0.3) is 0 Å². The maximum Gasteiger partial charge on any atom is 0.134 e. The van der Waals surface area contributed by atoms with Crippen molar-refractivity contribution < 1.29 is 29.9 Å². The fourth-order valence-corrected chi connectivity index (χ4v) is 4.51. The van der Waals surface area contributed by atoms with E-state index in [-0.39, 0.29) is 23.0 Å². The molecule has 2 aliphatic rings. The van der Waals surface area contributed by atoms with Crippen LogP contribution in [0.3, 0.4) is 0 Å². The Kier molecular flexibility index (Phi) is 6.71. The molecule has 0 saturated carbocycles. The van der Waals surface area contributed by atoms with Gasteiger partial charge >= 0.3 is 0 Å². The molecule has 6 rings (SSSR count). The van der Waals surface area contributed by atoms with Crippen molar-refractivity contribution in [3.63, 3.8) is 0 Å². The number of benzene rings is 4. The van der Waals surface area contributed by atoms with Gasteiger partial charge in [0.2, 0.25) is 0 Å². The van der Waals surface area contributed by atoms with Crippen molar-refractivity contribution >= 4 is 23.3 Å². The third-order valence-corrected chi connectivity index (χ3v) is 6.47. The molecule has 2 heterocycles. The van der Waals surface area contributed by atoms with E-state index in [0.717, 1.165) is 33.4 Å². The molecule has 0 unspecified atom stereocenters. The van der Waals surface area contributed by atoms with Crippen molar-refractivity contribution in [3.8, 4) is 34.5 Å². The molecule has 0 spiro atoms. The minimum Gasteiger partial charge on any atom is -0.508 e. The van der Waals surface area contributed by atoms with E-state index in [2.05, 4.69) is 12.1 Å². The molecule has 0 aromatic heterocycles. The Bertz CT molecular complexity index is 1560. The number of phenols is 4. The third-order valence-electron chi connectivity index (χ3n) is 6.47. The number of ether oxygens (including phenoxy) is 2. The average molecular weight is 509 g/mol. The van der Waals surface area contributed by atoms with Crippen LogP contribution in [0.4, 0.5) is 0 Å². The summed E-state index contributed by atoms with van der Waals surface area (Å²) in [5.74, 6) is 1.72. The van der Waals surface area contributed by atoms with Crippen molar-refractivity contribution in [2.75, 3.05) is 13.2 Å². The highest BCUT2D eigenvalue weighted by Gasteiger charge is 2.18. The number of aryl methyl sites for hydroxylation is 2. The summed E-state index contributed by atoms with van der Waals surface area (Å²) >= 11 is 0. The molecule has 2 aliphatic heterocycles. The van der Waals surface area contributed by atoms with Crippen molar-refractivity contribution in [2.45, 2.75) is 13.8 Å². The van der Waals surface area contributed by atoms with Gasteiger partial charge in [-0.15, -0.1) is 0 Å². The van der Waals surface area contributed by atoms with Crippen LogP contribution in [0.25, 0.3) is 23.3 Å². The van der Waals surface area contributed by atoms with Gasteiger partial charge in [-0.2, -0.15) is 0 Å². The van der Waals surface area contributed by atoms with Gasteiger partial charge in [-0.1, -0.05) is 42.0 Å². The molecule has 0 atom stereocenters. The lowest BCUT2D eigenvalue weighted by Gasteiger charge is -2.20. The van der Waals surface area contributed by atoms with Gasteiger partial charge in [0.05, 0.1) is 5.56 Å². The minimum atomic E-state index is 0.00338. The lowest BCUT2D eigenvalue weighted by Crippen LogP contribution is -2.07. The van der Waals surface area contributed by atoms with E-state index >= 15 is 0 Å². The fraction of sp³-hybridized carbons (Fsp3) is 0.125. The number of fused-ring (bicyclic) bond motifs is 2. The largest absolute Gasteiger partial charge is 0.508 e. The van der Waals surface area contributed by atoms with Crippen LogP contribution in [0, 0.1) is 13.8 Å². The Hall–Kier alpha value is -4.84. The topological polar surface area (TPSA) is 99.4 Å². The number of rotatable bonds is 2. The highest BCUT2D eigenvalue weighted by Crippen LogP contribution is 2.39. The number of hydrogen-bond acceptors (Lipinski definition) is 6. The Balaban J connectivity index is 0.000000155. The highest BCUT2D eigenvalue weighted by atomic mass is 16.5. The molecule has 4 aromatic rings. The summed E-state index contributed by atoms with van der Waals surface area (Å²) in [7, 11) is 0. The van der Waals surface area contributed by atoms with Crippen molar-refractivity contribution in [1.82, 2.24) is 0 Å². The van der Waals surface area contributed by atoms with E-state index < -0.39 is 0 Å². The van der Waals surface area contributed by atoms with Crippen molar-refractivity contribution in [1.29, 1.82) is 0 Å². The zero-order chi connectivity index (χ0) is 26.8. The lowest BCUT2D eigenvalue weighted by atomic mass is 9.98. The van der Waals surface area contributed by atoms with Crippen LogP contribution in [0.5, 0.6) is 34.5 Å². The third kappa shape index (κ3) is 5.30. The standard InChI is InChI=1S/2C16H14O3/c1-10-6-14(18)8-16-15(10)7-12(9-19-16)11-2-4-13(17)5-3-11;1-10-3-2-4-11(5-10)12-6-14-15(18)7-13(17)8-16(14)19-9-12/h2*2-8,17-18H,9H2,1H3. The molecule has 0 aliphatic carbocycles. The Morgan fingerprint density at radius 3 is 1.87 bits per heavy atom. The highest BCUT2D eigenvalue weighted by molar-refractivity contribution is 5.88. The second kappa shape index (κ2) is 10.3. The van der Waals surface area contributed by atoms with Crippen LogP contribution in [0.2, 0.25) is 0 Å². The molecule has 6 heteroatoms. The molecular formula is C32H28O6. The summed E-state index contributed by atoms with van der Waals surface area (Å²) in [6.07, 6.45) is 3.97. The monoisotopic (exact) mass is 508 g/mol. The molecule has 0 radical (unpaired) electrons. The number of aromatic hydroxyl groups is 4. The normalized spacial score (nSPS) is 13.4. The van der Waals surface area contributed by atoms with Crippen molar-refractivity contribution in [2.24, 2.45) is 0 Å². The van der Waals surface area contributed by atoms with Crippen LogP contribution in [0.1, 0.15) is 33.4 Å². The summed E-state index contributed by atoms with van der Waals surface area (Å²) in [5, 5.41) is 38.2. The lowest BCUT2D eigenvalue weighted by molar-refractivity contribution is 0.356. The Labute approximate surface area is 221 Å². The SMILES string of the molecule is Cc1cc(O)cc2c1C=C(c1ccc(O)cc1)CO2.Cc1cccc(C2=Cc3c(O)cc(O)cc3OC2)c1. The molecule has 0 saturated heterocycles. The second-order valence-electron chi connectivity index (χ2n) is 9.38. The Morgan fingerprint density at radius 1 is 0.579 bits per heavy atom. The molecule has 6 nitrogen and oxygen atoms in total. The van der Waals surface area contributed by atoms with Crippen LogP contribution in [0.15, 0.2) is 72.8 Å². The fourth-order valence-electron chi connectivity index (χ4n) is 4.51. The van der Waals surface area contributed by atoms with Gasteiger partial charge in [-0.25, -0.2) is 0 Å². The van der Waals surface area contributed by atoms with Gasteiger partial charge in [0, 0.05) is 23.8 Å². The molecule has 0 amide bonds. The minimum absolute atomic E-state index is 0.00338. The molecule has 4 N–H and O–H groups in total. The van der Waals surface area contributed by atoms with E-state index in [1.54, 1.807) is 24.3 Å². The molecule has 192 valence electrons. The molecule has 0 fully saturated rings. The van der Waals surface area contributed by atoms with Crippen LogP contribution in [-0.2, 0) is 0 Å².